The van der Waals surface area contributed by atoms with E-state index < -0.39 is 0 Å². The maximum absolute atomic E-state index is 11.2. The number of rotatable bonds is 7. The van der Waals surface area contributed by atoms with Gasteiger partial charge in [-0.3, -0.25) is 9.89 Å². The third-order valence-electron chi connectivity index (χ3n) is 1.93. The Morgan fingerprint density at radius 3 is 3.07 bits per heavy atom. The summed E-state index contributed by atoms with van der Waals surface area (Å²) < 4.78 is 0. The van der Waals surface area contributed by atoms with E-state index in [1.807, 2.05) is 6.92 Å². The van der Waals surface area contributed by atoms with Gasteiger partial charge in [0.1, 0.15) is 12.2 Å². The predicted molar refractivity (Wildman–Crippen MR) is 56.3 cm³/mol. The topological polar surface area (TPSA) is 82.7 Å². The molecule has 6 nitrogen and oxygen atoms in total. The normalized spacial score (nSPS) is 10.2. The molecule has 0 fully saturated rings. The summed E-state index contributed by atoms with van der Waals surface area (Å²) in [6.07, 6.45) is 2.67. The number of carbonyl (C=O) groups excluding carboxylic acids is 1. The van der Waals surface area contributed by atoms with Crippen LogP contribution in [0.5, 0.6) is 0 Å². The fraction of sp³-hybridized carbons (Fsp3) is 0.667. The van der Waals surface area contributed by atoms with Crippen molar-refractivity contribution in [2.45, 2.75) is 19.8 Å². The van der Waals surface area contributed by atoms with Crippen molar-refractivity contribution in [3.8, 4) is 0 Å². The molecule has 0 saturated carbocycles. The highest BCUT2D eigenvalue weighted by Crippen LogP contribution is 1.86. The smallest absolute Gasteiger partial charge is 0.221 e. The predicted octanol–water partition coefficient (Wildman–Crippen LogP) is -0.537. The Morgan fingerprint density at radius 1 is 1.53 bits per heavy atom. The fourth-order valence-corrected chi connectivity index (χ4v) is 1.14. The molecule has 0 aliphatic carbocycles. The Labute approximate surface area is 88.9 Å². The number of carbonyl (C=O) groups is 1. The van der Waals surface area contributed by atoms with E-state index in [4.69, 9.17) is 0 Å². The van der Waals surface area contributed by atoms with Crippen LogP contribution in [0.3, 0.4) is 0 Å². The van der Waals surface area contributed by atoms with Gasteiger partial charge in [0, 0.05) is 25.9 Å². The van der Waals surface area contributed by atoms with Gasteiger partial charge < -0.3 is 10.6 Å². The van der Waals surface area contributed by atoms with E-state index in [9.17, 15) is 4.79 Å². The van der Waals surface area contributed by atoms with Crippen LogP contribution in [0.15, 0.2) is 6.33 Å². The Morgan fingerprint density at radius 2 is 2.40 bits per heavy atom. The number of nitrogens with one attached hydrogen (secondary N) is 3. The molecule has 0 aliphatic heterocycles. The molecule has 1 rings (SSSR count). The first-order valence-corrected chi connectivity index (χ1v) is 5.14. The molecule has 15 heavy (non-hydrogen) atoms. The maximum Gasteiger partial charge on any atom is 0.221 e. The molecule has 1 aromatic heterocycles. The van der Waals surface area contributed by atoms with Gasteiger partial charge in [0.25, 0.3) is 0 Å². The largest absolute Gasteiger partial charge is 0.356 e. The summed E-state index contributed by atoms with van der Waals surface area (Å²) in [7, 11) is 0. The zero-order valence-corrected chi connectivity index (χ0v) is 8.92. The summed E-state index contributed by atoms with van der Waals surface area (Å²) in [6.45, 7) is 4.23. The Hall–Kier alpha value is -1.43. The highest BCUT2D eigenvalue weighted by Gasteiger charge is 2.00. The molecule has 0 atom stereocenters. The molecule has 0 radical (unpaired) electrons. The summed E-state index contributed by atoms with van der Waals surface area (Å²) in [6, 6.07) is 0. The van der Waals surface area contributed by atoms with Crippen LogP contribution < -0.4 is 10.6 Å². The Balaban J connectivity index is 2.02. The third kappa shape index (κ3) is 5.11. The summed E-state index contributed by atoms with van der Waals surface area (Å²) >= 11 is 0. The van der Waals surface area contributed by atoms with Gasteiger partial charge in [-0.2, -0.15) is 5.10 Å². The summed E-state index contributed by atoms with van der Waals surface area (Å²) in [5.41, 5.74) is 0. The standard InChI is InChI=1S/C9H17N5O/c1-2-10-5-4-9(15)11-6-3-8-12-7-13-14-8/h7,10H,2-6H2,1H3,(H,11,15)(H,12,13,14). The van der Waals surface area contributed by atoms with Crippen LogP contribution >= 0.6 is 0 Å². The Kier molecular flexibility index (Phi) is 5.39. The molecule has 0 unspecified atom stereocenters. The van der Waals surface area contributed by atoms with Crippen molar-refractivity contribution >= 4 is 5.91 Å². The van der Waals surface area contributed by atoms with Gasteiger partial charge in [-0.25, -0.2) is 4.98 Å². The molecule has 0 aliphatic rings. The van der Waals surface area contributed by atoms with Crippen LogP contribution in [0.4, 0.5) is 0 Å². The van der Waals surface area contributed by atoms with Crippen molar-refractivity contribution < 1.29 is 4.79 Å². The van der Waals surface area contributed by atoms with E-state index in [1.165, 1.54) is 6.33 Å². The van der Waals surface area contributed by atoms with Crippen molar-refractivity contribution in [1.82, 2.24) is 25.8 Å². The number of amides is 1. The molecule has 3 N–H and O–H groups in total. The van der Waals surface area contributed by atoms with Crippen LogP contribution in [-0.2, 0) is 11.2 Å². The van der Waals surface area contributed by atoms with Gasteiger partial charge in [0.05, 0.1) is 0 Å². The average molecular weight is 211 g/mol. The highest BCUT2D eigenvalue weighted by molar-refractivity contribution is 5.76. The lowest BCUT2D eigenvalue weighted by Crippen LogP contribution is -2.29. The van der Waals surface area contributed by atoms with Crippen LogP contribution in [0.25, 0.3) is 0 Å². The lowest BCUT2D eigenvalue weighted by atomic mass is 10.3. The second-order valence-electron chi connectivity index (χ2n) is 3.14. The van der Waals surface area contributed by atoms with Gasteiger partial charge in [-0.05, 0) is 6.54 Å². The molecule has 1 aromatic rings. The van der Waals surface area contributed by atoms with Crippen molar-refractivity contribution in [1.29, 1.82) is 0 Å². The molecule has 1 amide bonds. The van der Waals surface area contributed by atoms with Crippen molar-refractivity contribution in [3.63, 3.8) is 0 Å². The van der Waals surface area contributed by atoms with E-state index in [0.717, 1.165) is 18.9 Å². The number of hydrogen-bond donors (Lipinski definition) is 3. The van der Waals surface area contributed by atoms with Gasteiger partial charge >= 0.3 is 0 Å². The number of hydrogen-bond acceptors (Lipinski definition) is 4. The monoisotopic (exact) mass is 211 g/mol. The number of aromatic nitrogens is 3. The summed E-state index contributed by atoms with van der Waals surface area (Å²) in [5, 5.41) is 12.4. The number of aromatic amines is 1. The molecule has 0 saturated heterocycles. The van der Waals surface area contributed by atoms with Gasteiger partial charge in [0.15, 0.2) is 0 Å². The Bertz CT molecular complexity index is 272. The summed E-state index contributed by atoms with van der Waals surface area (Å²) in [4.78, 5) is 15.2. The van der Waals surface area contributed by atoms with Gasteiger partial charge in [0.2, 0.25) is 5.91 Å². The van der Waals surface area contributed by atoms with Crippen molar-refractivity contribution in [2.24, 2.45) is 0 Å². The molecule has 0 spiro atoms. The first-order valence-electron chi connectivity index (χ1n) is 5.14. The second-order valence-corrected chi connectivity index (χ2v) is 3.14. The lowest BCUT2D eigenvalue weighted by molar-refractivity contribution is -0.120. The van der Waals surface area contributed by atoms with E-state index in [2.05, 4.69) is 25.8 Å². The molecule has 84 valence electrons. The van der Waals surface area contributed by atoms with E-state index >= 15 is 0 Å². The minimum atomic E-state index is 0.0652. The van der Waals surface area contributed by atoms with Crippen molar-refractivity contribution in [3.05, 3.63) is 12.2 Å². The van der Waals surface area contributed by atoms with Gasteiger partial charge in [-0.1, -0.05) is 6.92 Å². The third-order valence-corrected chi connectivity index (χ3v) is 1.93. The average Bonchev–Trinajstić information content (AvgIpc) is 2.71. The number of H-pyrrole nitrogens is 1. The fourth-order valence-electron chi connectivity index (χ4n) is 1.14. The molecule has 1 heterocycles. The van der Waals surface area contributed by atoms with Crippen LogP contribution in [0.2, 0.25) is 0 Å². The number of nitrogens with zero attached hydrogens (tertiary/aromatic N) is 2. The minimum Gasteiger partial charge on any atom is -0.356 e. The molecule has 0 bridgehead atoms. The first-order chi connectivity index (χ1) is 7.33. The second kappa shape index (κ2) is 6.94. The van der Waals surface area contributed by atoms with E-state index in [-0.39, 0.29) is 5.91 Å². The zero-order valence-electron chi connectivity index (χ0n) is 8.92. The first kappa shape index (κ1) is 11.6. The summed E-state index contributed by atoms with van der Waals surface area (Å²) in [5.74, 6) is 0.859. The SMILES string of the molecule is CCNCCC(=O)NCCc1ncn[nH]1. The minimum absolute atomic E-state index is 0.0652. The van der Waals surface area contributed by atoms with Crippen LogP contribution in [0.1, 0.15) is 19.2 Å². The zero-order chi connectivity index (χ0) is 10.9. The molecule has 6 heteroatoms. The maximum atomic E-state index is 11.2. The molecular formula is C9H17N5O. The molecule has 0 aromatic carbocycles. The van der Waals surface area contributed by atoms with Crippen LogP contribution in [-0.4, -0.2) is 40.7 Å². The quantitative estimate of drug-likeness (QED) is 0.529. The van der Waals surface area contributed by atoms with E-state index in [1.54, 1.807) is 0 Å². The van der Waals surface area contributed by atoms with E-state index in [0.29, 0.717) is 19.4 Å². The van der Waals surface area contributed by atoms with Crippen LogP contribution in [0, 0.1) is 0 Å². The highest BCUT2D eigenvalue weighted by atomic mass is 16.1. The lowest BCUT2D eigenvalue weighted by Gasteiger charge is -2.03. The molecular weight excluding hydrogens is 194 g/mol. The van der Waals surface area contributed by atoms with Crippen molar-refractivity contribution in [2.75, 3.05) is 19.6 Å². The van der Waals surface area contributed by atoms with Gasteiger partial charge in [-0.15, -0.1) is 0 Å².